The molecule has 0 spiro atoms. The molecule has 2 unspecified atom stereocenters. The van der Waals surface area contributed by atoms with Crippen LogP contribution in [0.5, 0.6) is 0 Å². The zero-order chi connectivity index (χ0) is 17.6. The number of benzene rings is 1. The number of nitrogens with one attached hydrogen (secondary N) is 1. The van der Waals surface area contributed by atoms with E-state index in [4.69, 9.17) is 0 Å². The van der Waals surface area contributed by atoms with Gasteiger partial charge in [0.1, 0.15) is 6.10 Å². The fourth-order valence-corrected chi connectivity index (χ4v) is 4.43. The third kappa shape index (κ3) is 4.37. The van der Waals surface area contributed by atoms with E-state index < -0.39 is 6.10 Å². The number of rotatable bonds is 7. The molecule has 2 atom stereocenters. The number of amides is 1. The highest BCUT2D eigenvalue weighted by Crippen LogP contribution is 2.29. The highest BCUT2D eigenvalue weighted by molar-refractivity contribution is 7.12. The Bertz CT molecular complexity index is 796. The minimum absolute atomic E-state index is 0.0435. The molecular formula is C20H21NO2S2. The molecule has 0 saturated heterocycles. The van der Waals surface area contributed by atoms with Crippen LogP contribution >= 0.6 is 22.7 Å². The Morgan fingerprint density at radius 1 is 1.12 bits per heavy atom. The van der Waals surface area contributed by atoms with Gasteiger partial charge in [0.2, 0.25) is 5.91 Å². The van der Waals surface area contributed by atoms with E-state index in [9.17, 15) is 9.90 Å². The van der Waals surface area contributed by atoms with Crippen LogP contribution in [0.15, 0.2) is 59.3 Å². The summed E-state index contributed by atoms with van der Waals surface area (Å²) in [5, 5.41) is 17.3. The van der Waals surface area contributed by atoms with Crippen LogP contribution in [0.4, 0.5) is 0 Å². The quantitative estimate of drug-likeness (QED) is 0.632. The fourth-order valence-electron chi connectivity index (χ4n) is 2.79. The highest BCUT2D eigenvalue weighted by Gasteiger charge is 2.19. The Hall–Kier alpha value is -1.95. The van der Waals surface area contributed by atoms with Crippen molar-refractivity contribution >= 4 is 28.6 Å². The predicted octanol–water partition coefficient (Wildman–Crippen LogP) is 4.70. The second kappa shape index (κ2) is 8.43. The zero-order valence-electron chi connectivity index (χ0n) is 14.0. The van der Waals surface area contributed by atoms with Gasteiger partial charge in [-0.2, -0.15) is 11.3 Å². The molecule has 3 aromatic rings. The summed E-state index contributed by atoms with van der Waals surface area (Å²) in [4.78, 5) is 14.5. The molecular weight excluding hydrogens is 350 g/mol. The Labute approximate surface area is 156 Å². The molecule has 0 fully saturated rings. The van der Waals surface area contributed by atoms with E-state index in [2.05, 4.69) is 5.32 Å². The summed E-state index contributed by atoms with van der Waals surface area (Å²) < 4.78 is 0. The van der Waals surface area contributed by atoms with Crippen LogP contribution in [0.25, 0.3) is 0 Å². The summed E-state index contributed by atoms with van der Waals surface area (Å²) in [6.07, 6.45) is 0.177. The summed E-state index contributed by atoms with van der Waals surface area (Å²) in [6, 6.07) is 15.7. The van der Waals surface area contributed by atoms with Crippen LogP contribution in [0.2, 0.25) is 0 Å². The van der Waals surface area contributed by atoms with Gasteiger partial charge in [-0.15, -0.1) is 11.3 Å². The summed E-state index contributed by atoms with van der Waals surface area (Å²) in [5.41, 5.74) is 1.96. The molecule has 0 radical (unpaired) electrons. The number of thiophene rings is 2. The van der Waals surface area contributed by atoms with Gasteiger partial charge in [-0.05, 0) is 46.5 Å². The molecule has 0 bridgehead atoms. The maximum absolute atomic E-state index is 12.5. The number of aliphatic hydroxyl groups is 1. The van der Waals surface area contributed by atoms with E-state index in [1.54, 1.807) is 11.3 Å². The van der Waals surface area contributed by atoms with E-state index in [0.717, 1.165) is 27.3 Å². The molecule has 2 N–H and O–H groups in total. The lowest BCUT2D eigenvalue weighted by Gasteiger charge is -2.15. The second-order valence-corrected chi connectivity index (χ2v) is 7.83. The maximum atomic E-state index is 12.5. The molecule has 0 saturated carbocycles. The zero-order valence-corrected chi connectivity index (χ0v) is 15.6. The molecule has 5 heteroatoms. The number of carbonyl (C=O) groups is 1. The first kappa shape index (κ1) is 17.9. The molecule has 3 nitrogen and oxygen atoms in total. The van der Waals surface area contributed by atoms with Crippen molar-refractivity contribution in [1.29, 1.82) is 0 Å². The van der Waals surface area contributed by atoms with Gasteiger partial charge in [-0.3, -0.25) is 4.79 Å². The van der Waals surface area contributed by atoms with Gasteiger partial charge in [-0.1, -0.05) is 37.3 Å². The van der Waals surface area contributed by atoms with E-state index in [-0.39, 0.29) is 11.8 Å². The summed E-state index contributed by atoms with van der Waals surface area (Å²) >= 11 is 3.11. The fraction of sp³-hybridized carbons (Fsp3) is 0.250. The Balaban J connectivity index is 1.61. The molecule has 2 heterocycles. The van der Waals surface area contributed by atoms with Gasteiger partial charge >= 0.3 is 0 Å². The lowest BCUT2D eigenvalue weighted by atomic mass is 9.96. The van der Waals surface area contributed by atoms with Crippen molar-refractivity contribution in [3.63, 3.8) is 0 Å². The second-order valence-electron chi connectivity index (χ2n) is 5.85. The molecule has 3 rings (SSSR count). The SMILES string of the molecule is CCC(C(=O)NCc1ccc(C(O)c2ccsc2)s1)c1ccccc1. The monoisotopic (exact) mass is 371 g/mol. The van der Waals surface area contributed by atoms with Crippen molar-refractivity contribution in [2.45, 2.75) is 31.9 Å². The van der Waals surface area contributed by atoms with Crippen LogP contribution in [-0.2, 0) is 11.3 Å². The molecule has 25 heavy (non-hydrogen) atoms. The van der Waals surface area contributed by atoms with Crippen LogP contribution in [0.3, 0.4) is 0 Å². The minimum Gasteiger partial charge on any atom is -0.383 e. The number of hydrogen-bond acceptors (Lipinski definition) is 4. The average molecular weight is 372 g/mol. The van der Waals surface area contributed by atoms with Crippen LogP contribution in [0, 0.1) is 0 Å². The molecule has 1 aromatic carbocycles. The lowest BCUT2D eigenvalue weighted by molar-refractivity contribution is -0.122. The molecule has 2 aromatic heterocycles. The van der Waals surface area contributed by atoms with Crippen molar-refractivity contribution in [3.8, 4) is 0 Å². The van der Waals surface area contributed by atoms with Crippen LogP contribution in [0.1, 0.15) is 46.2 Å². The summed E-state index contributed by atoms with van der Waals surface area (Å²) in [5.74, 6) is -0.0842. The van der Waals surface area contributed by atoms with Crippen LogP contribution < -0.4 is 5.32 Å². The number of carbonyl (C=O) groups excluding carboxylic acids is 1. The summed E-state index contributed by atoms with van der Waals surface area (Å²) in [7, 11) is 0. The molecule has 0 aliphatic heterocycles. The van der Waals surface area contributed by atoms with E-state index in [1.165, 1.54) is 11.3 Å². The van der Waals surface area contributed by atoms with Gasteiger partial charge < -0.3 is 10.4 Å². The first-order valence-corrected chi connectivity index (χ1v) is 10.1. The Morgan fingerprint density at radius 3 is 2.60 bits per heavy atom. The van der Waals surface area contributed by atoms with E-state index in [0.29, 0.717) is 6.54 Å². The lowest BCUT2D eigenvalue weighted by Crippen LogP contribution is -2.28. The Kier molecular flexibility index (Phi) is 6.02. The molecule has 1 amide bonds. The molecule has 130 valence electrons. The molecule has 0 aliphatic carbocycles. The number of hydrogen-bond donors (Lipinski definition) is 2. The maximum Gasteiger partial charge on any atom is 0.227 e. The first-order valence-electron chi connectivity index (χ1n) is 8.30. The van der Waals surface area contributed by atoms with Crippen LogP contribution in [-0.4, -0.2) is 11.0 Å². The topological polar surface area (TPSA) is 49.3 Å². The standard InChI is InChI=1S/C20H21NO2S2/c1-2-17(14-6-4-3-5-7-14)20(23)21-12-16-8-9-18(25-16)19(22)15-10-11-24-13-15/h3-11,13,17,19,22H,2,12H2,1H3,(H,21,23). The largest absolute Gasteiger partial charge is 0.383 e. The third-order valence-electron chi connectivity index (χ3n) is 4.17. The highest BCUT2D eigenvalue weighted by atomic mass is 32.1. The van der Waals surface area contributed by atoms with Gasteiger partial charge in [0.15, 0.2) is 0 Å². The van der Waals surface area contributed by atoms with Crippen molar-refractivity contribution in [2.75, 3.05) is 0 Å². The van der Waals surface area contributed by atoms with Gasteiger partial charge in [0.25, 0.3) is 0 Å². The summed E-state index contributed by atoms with van der Waals surface area (Å²) in [6.45, 7) is 2.51. The minimum atomic E-state index is -0.589. The van der Waals surface area contributed by atoms with E-state index in [1.807, 2.05) is 66.2 Å². The third-order valence-corrected chi connectivity index (χ3v) is 6.01. The first-order chi connectivity index (χ1) is 12.2. The van der Waals surface area contributed by atoms with Gasteiger partial charge in [0.05, 0.1) is 12.5 Å². The normalized spacial score (nSPS) is 13.4. The van der Waals surface area contributed by atoms with E-state index >= 15 is 0 Å². The smallest absolute Gasteiger partial charge is 0.227 e. The van der Waals surface area contributed by atoms with Crippen molar-refractivity contribution < 1.29 is 9.90 Å². The van der Waals surface area contributed by atoms with Gasteiger partial charge in [0, 0.05) is 9.75 Å². The van der Waals surface area contributed by atoms with Crippen molar-refractivity contribution in [2.24, 2.45) is 0 Å². The Morgan fingerprint density at radius 2 is 1.92 bits per heavy atom. The average Bonchev–Trinajstić information content (AvgIpc) is 3.33. The van der Waals surface area contributed by atoms with Crippen molar-refractivity contribution in [1.82, 2.24) is 5.32 Å². The number of aliphatic hydroxyl groups excluding tert-OH is 1. The van der Waals surface area contributed by atoms with Crippen molar-refractivity contribution in [3.05, 3.63) is 80.2 Å². The van der Waals surface area contributed by atoms with Gasteiger partial charge in [-0.25, -0.2) is 0 Å². The predicted molar refractivity (Wildman–Crippen MR) is 104 cm³/mol. The molecule has 0 aliphatic rings.